The van der Waals surface area contributed by atoms with Crippen molar-refractivity contribution >= 4 is 5.97 Å². The summed E-state index contributed by atoms with van der Waals surface area (Å²) in [5, 5.41) is 9.40. The van der Waals surface area contributed by atoms with Crippen molar-refractivity contribution in [3.8, 4) is 11.5 Å². The molecule has 1 aromatic carbocycles. The van der Waals surface area contributed by atoms with E-state index in [0.29, 0.717) is 17.7 Å². The van der Waals surface area contributed by atoms with Crippen molar-refractivity contribution in [2.24, 2.45) is 0 Å². The second-order valence-electron chi connectivity index (χ2n) is 5.29. The number of ether oxygens (including phenoxy) is 1. The van der Waals surface area contributed by atoms with Gasteiger partial charge >= 0.3 is 5.97 Å². The van der Waals surface area contributed by atoms with Crippen molar-refractivity contribution in [3.05, 3.63) is 23.8 Å². The van der Waals surface area contributed by atoms with Gasteiger partial charge in [0.15, 0.2) is 0 Å². The molecule has 0 aromatic heterocycles. The van der Waals surface area contributed by atoms with Gasteiger partial charge in [-0.05, 0) is 37.1 Å². The van der Waals surface area contributed by atoms with E-state index in [9.17, 15) is 9.90 Å². The highest BCUT2D eigenvalue weighted by Gasteiger charge is 2.06. The summed E-state index contributed by atoms with van der Waals surface area (Å²) in [6, 6.07) is 4.84. The Morgan fingerprint density at radius 2 is 1.75 bits per heavy atom. The van der Waals surface area contributed by atoms with E-state index in [2.05, 4.69) is 6.92 Å². The number of aromatic hydroxyl groups is 1. The van der Waals surface area contributed by atoms with E-state index >= 15 is 0 Å². The topological polar surface area (TPSA) is 46.5 Å². The number of phenolic OH excluding ortho intramolecular Hbond substituents is 1. The maximum absolute atomic E-state index is 11.7. The number of hydrogen-bond acceptors (Lipinski definition) is 3. The summed E-state index contributed by atoms with van der Waals surface area (Å²) in [5.74, 6) is 0.536. The molecule has 0 fully saturated rings. The predicted octanol–water partition coefficient (Wildman–Crippen LogP) is 4.75. The second-order valence-corrected chi connectivity index (χ2v) is 5.29. The molecule has 112 valence electrons. The largest absolute Gasteiger partial charge is 0.508 e. The highest BCUT2D eigenvalue weighted by Crippen LogP contribution is 2.22. The van der Waals surface area contributed by atoms with Gasteiger partial charge in [-0.2, -0.15) is 0 Å². The molecule has 1 rings (SSSR count). The molecule has 0 radical (unpaired) electrons. The Bertz CT molecular complexity index is 413. The fourth-order valence-electron chi connectivity index (χ4n) is 2.10. The molecule has 3 heteroatoms. The zero-order chi connectivity index (χ0) is 14.8. The Kier molecular flexibility index (Phi) is 7.78. The molecule has 20 heavy (non-hydrogen) atoms. The summed E-state index contributed by atoms with van der Waals surface area (Å²) in [6.07, 6.45) is 8.78. The molecule has 0 unspecified atom stereocenters. The first-order chi connectivity index (χ1) is 9.63. The number of carbonyl (C=O) groups excluding carboxylic acids is 1. The van der Waals surface area contributed by atoms with Crippen LogP contribution in [0.5, 0.6) is 11.5 Å². The lowest BCUT2D eigenvalue weighted by Gasteiger charge is -2.06. The van der Waals surface area contributed by atoms with Crippen LogP contribution in [-0.2, 0) is 4.79 Å². The summed E-state index contributed by atoms with van der Waals surface area (Å²) < 4.78 is 5.25. The van der Waals surface area contributed by atoms with Gasteiger partial charge in [-0.25, -0.2) is 0 Å². The van der Waals surface area contributed by atoms with E-state index in [0.717, 1.165) is 12.8 Å². The van der Waals surface area contributed by atoms with Crippen LogP contribution in [0, 0.1) is 6.92 Å². The number of phenols is 1. The van der Waals surface area contributed by atoms with Crippen molar-refractivity contribution in [1.29, 1.82) is 0 Å². The molecule has 0 aliphatic rings. The van der Waals surface area contributed by atoms with E-state index in [1.54, 1.807) is 25.1 Å². The van der Waals surface area contributed by atoms with Crippen molar-refractivity contribution in [2.45, 2.75) is 65.2 Å². The first-order valence-electron chi connectivity index (χ1n) is 7.63. The van der Waals surface area contributed by atoms with E-state index in [1.807, 2.05) is 0 Å². The quantitative estimate of drug-likeness (QED) is 0.403. The zero-order valence-electron chi connectivity index (χ0n) is 12.7. The molecular weight excluding hydrogens is 252 g/mol. The monoisotopic (exact) mass is 278 g/mol. The minimum Gasteiger partial charge on any atom is -0.508 e. The van der Waals surface area contributed by atoms with Crippen LogP contribution in [0.25, 0.3) is 0 Å². The fourth-order valence-corrected chi connectivity index (χ4v) is 2.10. The van der Waals surface area contributed by atoms with E-state index < -0.39 is 0 Å². The van der Waals surface area contributed by atoms with Gasteiger partial charge in [0.2, 0.25) is 0 Å². The molecule has 0 saturated heterocycles. The van der Waals surface area contributed by atoms with Crippen LogP contribution in [0.1, 0.15) is 63.9 Å². The number of benzene rings is 1. The average Bonchev–Trinajstić information content (AvgIpc) is 2.42. The van der Waals surface area contributed by atoms with Crippen LogP contribution >= 0.6 is 0 Å². The molecule has 0 aliphatic carbocycles. The third-order valence-electron chi connectivity index (χ3n) is 3.38. The molecule has 1 aromatic rings. The van der Waals surface area contributed by atoms with Crippen LogP contribution in [0.4, 0.5) is 0 Å². The van der Waals surface area contributed by atoms with Crippen molar-refractivity contribution in [2.75, 3.05) is 0 Å². The minimum atomic E-state index is -0.191. The number of carbonyl (C=O) groups is 1. The van der Waals surface area contributed by atoms with Crippen molar-refractivity contribution in [3.63, 3.8) is 0 Å². The van der Waals surface area contributed by atoms with E-state index in [-0.39, 0.29) is 11.7 Å². The Hall–Kier alpha value is -1.51. The fraction of sp³-hybridized carbons (Fsp3) is 0.588. The number of unbranched alkanes of at least 4 members (excludes halogenated alkanes) is 6. The molecule has 3 nitrogen and oxygen atoms in total. The zero-order valence-corrected chi connectivity index (χ0v) is 12.7. The lowest BCUT2D eigenvalue weighted by Crippen LogP contribution is -2.07. The molecular formula is C17H26O3. The minimum absolute atomic E-state index is 0.191. The Balaban J connectivity index is 2.15. The number of aryl methyl sites for hydroxylation is 1. The van der Waals surface area contributed by atoms with Crippen LogP contribution in [0.2, 0.25) is 0 Å². The van der Waals surface area contributed by atoms with Crippen LogP contribution in [0.15, 0.2) is 18.2 Å². The number of esters is 1. The van der Waals surface area contributed by atoms with E-state index in [4.69, 9.17) is 4.74 Å². The third-order valence-corrected chi connectivity index (χ3v) is 3.38. The predicted molar refractivity (Wildman–Crippen MR) is 81.1 cm³/mol. The third kappa shape index (κ3) is 6.60. The molecule has 0 bridgehead atoms. The highest BCUT2D eigenvalue weighted by molar-refractivity contribution is 5.72. The Labute approximate surface area is 122 Å². The summed E-state index contributed by atoms with van der Waals surface area (Å²) in [5.41, 5.74) is 0.714. The van der Waals surface area contributed by atoms with Gasteiger partial charge in [0.1, 0.15) is 11.5 Å². The number of rotatable bonds is 9. The SMILES string of the molecule is CCCCCCCCCC(=O)Oc1ccc(O)c(C)c1. The molecule has 0 amide bonds. The lowest BCUT2D eigenvalue weighted by molar-refractivity contribution is -0.134. The number of hydrogen-bond donors (Lipinski definition) is 1. The Morgan fingerprint density at radius 3 is 2.40 bits per heavy atom. The normalized spacial score (nSPS) is 10.5. The summed E-state index contributed by atoms with van der Waals surface area (Å²) in [7, 11) is 0. The van der Waals surface area contributed by atoms with Gasteiger partial charge in [-0.1, -0.05) is 45.4 Å². The van der Waals surface area contributed by atoms with Gasteiger partial charge in [-0.15, -0.1) is 0 Å². The van der Waals surface area contributed by atoms with Crippen LogP contribution in [0.3, 0.4) is 0 Å². The van der Waals surface area contributed by atoms with Gasteiger partial charge < -0.3 is 9.84 Å². The maximum atomic E-state index is 11.7. The molecule has 0 aliphatic heterocycles. The van der Waals surface area contributed by atoms with Crippen molar-refractivity contribution in [1.82, 2.24) is 0 Å². The van der Waals surface area contributed by atoms with Crippen LogP contribution < -0.4 is 4.74 Å². The molecule has 0 atom stereocenters. The van der Waals surface area contributed by atoms with Gasteiger partial charge in [0.25, 0.3) is 0 Å². The Morgan fingerprint density at radius 1 is 1.10 bits per heavy atom. The second kappa shape index (κ2) is 9.40. The molecule has 1 N–H and O–H groups in total. The molecule has 0 spiro atoms. The highest BCUT2D eigenvalue weighted by atomic mass is 16.5. The summed E-state index contributed by atoms with van der Waals surface area (Å²) in [4.78, 5) is 11.7. The van der Waals surface area contributed by atoms with Crippen LogP contribution in [-0.4, -0.2) is 11.1 Å². The standard InChI is InChI=1S/C17H26O3/c1-3-4-5-6-7-8-9-10-17(19)20-15-11-12-16(18)14(2)13-15/h11-13,18H,3-10H2,1-2H3. The van der Waals surface area contributed by atoms with E-state index in [1.165, 1.54) is 32.1 Å². The van der Waals surface area contributed by atoms with Gasteiger partial charge in [-0.3, -0.25) is 4.79 Å². The first kappa shape index (κ1) is 16.5. The molecule has 0 saturated carbocycles. The smallest absolute Gasteiger partial charge is 0.311 e. The van der Waals surface area contributed by atoms with Gasteiger partial charge in [0, 0.05) is 6.42 Å². The average molecular weight is 278 g/mol. The molecule has 0 heterocycles. The summed E-state index contributed by atoms with van der Waals surface area (Å²) in [6.45, 7) is 3.99. The van der Waals surface area contributed by atoms with Gasteiger partial charge in [0.05, 0.1) is 0 Å². The van der Waals surface area contributed by atoms with Crippen molar-refractivity contribution < 1.29 is 14.6 Å². The first-order valence-corrected chi connectivity index (χ1v) is 7.63. The lowest BCUT2D eigenvalue weighted by atomic mass is 10.1. The summed E-state index contributed by atoms with van der Waals surface area (Å²) >= 11 is 0. The maximum Gasteiger partial charge on any atom is 0.311 e.